The smallest absolute Gasteiger partial charge is 0.106 e. The second-order valence-electron chi connectivity index (χ2n) is 4.70. The average Bonchev–Trinajstić information content (AvgIpc) is 2.63. The molecule has 2 aromatic rings. The first-order chi connectivity index (χ1) is 8.47. The minimum atomic E-state index is 0.239. The van der Waals surface area contributed by atoms with Gasteiger partial charge in [0.2, 0.25) is 0 Å². The molecule has 0 bridgehead atoms. The van der Waals surface area contributed by atoms with Crippen LogP contribution in [0.2, 0.25) is 0 Å². The lowest BCUT2D eigenvalue weighted by atomic mass is 10.1. The van der Waals surface area contributed by atoms with Gasteiger partial charge in [-0.2, -0.15) is 0 Å². The van der Waals surface area contributed by atoms with Crippen molar-refractivity contribution in [2.75, 3.05) is 5.32 Å². The molecule has 1 aromatic heterocycles. The predicted molar refractivity (Wildman–Crippen MR) is 79.1 cm³/mol. The summed E-state index contributed by atoms with van der Waals surface area (Å²) in [6.07, 6.45) is 0. The number of halogens is 1. The molecule has 0 saturated heterocycles. The van der Waals surface area contributed by atoms with Crippen molar-refractivity contribution in [2.24, 2.45) is 0 Å². The number of anilines is 1. The molecule has 18 heavy (non-hydrogen) atoms. The van der Waals surface area contributed by atoms with Crippen LogP contribution in [0, 0.1) is 20.8 Å². The van der Waals surface area contributed by atoms with Crippen LogP contribution in [0.15, 0.2) is 33.2 Å². The summed E-state index contributed by atoms with van der Waals surface area (Å²) < 4.78 is 6.70. The number of rotatable bonds is 3. The Morgan fingerprint density at radius 2 is 1.89 bits per heavy atom. The third-order valence-corrected chi connectivity index (χ3v) is 3.98. The van der Waals surface area contributed by atoms with Crippen molar-refractivity contribution < 1.29 is 4.42 Å². The molecule has 1 heterocycles. The normalized spacial score (nSPS) is 12.5. The van der Waals surface area contributed by atoms with Gasteiger partial charge in [0.25, 0.3) is 0 Å². The highest BCUT2D eigenvalue weighted by Crippen LogP contribution is 2.26. The van der Waals surface area contributed by atoms with Gasteiger partial charge in [0.15, 0.2) is 0 Å². The zero-order chi connectivity index (χ0) is 13.3. The van der Waals surface area contributed by atoms with Crippen LogP contribution in [0.4, 0.5) is 5.69 Å². The van der Waals surface area contributed by atoms with Crippen molar-refractivity contribution in [1.29, 1.82) is 0 Å². The van der Waals surface area contributed by atoms with Crippen molar-refractivity contribution in [2.45, 2.75) is 33.7 Å². The van der Waals surface area contributed by atoms with Crippen LogP contribution in [0.1, 0.15) is 35.6 Å². The molecular weight excluding hydrogens is 290 g/mol. The Labute approximate surface area is 117 Å². The quantitative estimate of drug-likeness (QED) is 0.849. The summed E-state index contributed by atoms with van der Waals surface area (Å²) in [6.45, 7) is 8.22. The molecule has 1 unspecified atom stereocenters. The first-order valence-electron chi connectivity index (χ1n) is 6.07. The molecule has 1 aromatic carbocycles. The van der Waals surface area contributed by atoms with Crippen LogP contribution in [0.5, 0.6) is 0 Å². The van der Waals surface area contributed by atoms with Crippen LogP contribution >= 0.6 is 15.9 Å². The first kappa shape index (κ1) is 13.2. The monoisotopic (exact) mass is 307 g/mol. The summed E-state index contributed by atoms with van der Waals surface area (Å²) in [6, 6.07) is 8.62. The van der Waals surface area contributed by atoms with Gasteiger partial charge in [0.1, 0.15) is 11.5 Å². The Kier molecular flexibility index (Phi) is 3.81. The number of hydrogen-bond donors (Lipinski definition) is 1. The van der Waals surface area contributed by atoms with Gasteiger partial charge >= 0.3 is 0 Å². The lowest BCUT2D eigenvalue weighted by molar-refractivity contribution is 0.500. The molecule has 0 aliphatic rings. The first-order valence-corrected chi connectivity index (χ1v) is 6.86. The molecule has 0 radical (unpaired) electrons. The van der Waals surface area contributed by atoms with Crippen molar-refractivity contribution in [3.05, 3.63) is 51.4 Å². The van der Waals surface area contributed by atoms with Crippen molar-refractivity contribution in [3.8, 4) is 0 Å². The van der Waals surface area contributed by atoms with Crippen LogP contribution in [0.3, 0.4) is 0 Å². The standard InChI is InChI=1S/C15H18BrNO/c1-9-7-13(5-6-15(9)16)17-11(3)14-8-10(2)18-12(14)4/h5-8,11,17H,1-4H3. The summed E-state index contributed by atoms with van der Waals surface area (Å²) in [5.41, 5.74) is 3.57. The van der Waals surface area contributed by atoms with E-state index in [1.165, 1.54) is 11.1 Å². The summed E-state index contributed by atoms with van der Waals surface area (Å²) in [5.74, 6) is 1.95. The van der Waals surface area contributed by atoms with Crippen molar-refractivity contribution in [1.82, 2.24) is 0 Å². The summed E-state index contributed by atoms with van der Waals surface area (Å²) in [7, 11) is 0. The molecule has 0 amide bonds. The molecule has 0 aliphatic carbocycles. The topological polar surface area (TPSA) is 25.2 Å². The number of furan rings is 1. The van der Waals surface area contributed by atoms with Crippen LogP contribution < -0.4 is 5.32 Å². The molecule has 0 saturated carbocycles. The molecule has 0 aliphatic heterocycles. The maximum absolute atomic E-state index is 5.57. The van der Waals surface area contributed by atoms with E-state index in [0.29, 0.717) is 0 Å². The van der Waals surface area contributed by atoms with Crippen LogP contribution in [-0.4, -0.2) is 0 Å². The van der Waals surface area contributed by atoms with E-state index < -0.39 is 0 Å². The van der Waals surface area contributed by atoms with E-state index in [2.05, 4.69) is 59.4 Å². The van der Waals surface area contributed by atoms with Gasteiger partial charge in [0, 0.05) is 15.7 Å². The third kappa shape index (κ3) is 2.78. The zero-order valence-electron chi connectivity index (χ0n) is 11.2. The third-order valence-electron chi connectivity index (χ3n) is 3.09. The molecule has 1 N–H and O–H groups in total. The molecule has 96 valence electrons. The molecule has 1 atom stereocenters. The fourth-order valence-electron chi connectivity index (χ4n) is 2.14. The average molecular weight is 308 g/mol. The Morgan fingerprint density at radius 3 is 2.44 bits per heavy atom. The van der Waals surface area contributed by atoms with Gasteiger partial charge < -0.3 is 9.73 Å². The van der Waals surface area contributed by atoms with Gasteiger partial charge in [0.05, 0.1) is 6.04 Å². The van der Waals surface area contributed by atoms with Crippen molar-refractivity contribution >= 4 is 21.6 Å². The van der Waals surface area contributed by atoms with Gasteiger partial charge in [-0.1, -0.05) is 15.9 Å². The van der Waals surface area contributed by atoms with E-state index in [1.54, 1.807) is 0 Å². The second-order valence-corrected chi connectivity index (χ2v) is 5.55. The molecule has 2 nitrogen and oxygen atoms in total. The maximum Gasteiger partial charge on any atom is 0.106 e. The lowest BCUT2D eigenvalue weighted by Crippen LogP contribution is -2.06. The number of nitrogens with one attached hydrogen (secondary N) is 1. The number of benzene rings is 1. The van der Waals surface area contributed by atoms with Gasteiger partial charge in [-0.3, -0.25) is 0 Å². The Hall–Kier alpha value is -1.22. The SMILES string of the molecule is Cc1cc(C(C)Nc2ccc(Br)c(C)c2)c(C)o1. The van der Waals surface area contributed by atoms with E-state index in [0.717, 1.165) is 21.7 Å². The van der Waals surface area contributed by atoms with E-state index in [-0.39, 0.29) is 6.04 Å². The number of aryl methyl sites for hydroxylation is 3. The maximum atomic E-state index is 5.57. The van der Waals surface area contributed by atoms with Crippen molar-refractivity contribution in [3.63, 3.8) is 0 Å². The minimum absolute atomic E-state index is 0.239. The molecule has 2 rings (SSSR count). The Balaban J connectivity index is 2.18. The molecule has 0 spiro atoms. The van der Waals surface area contributed by atoms with E-state index in [9.17, 15) is 0 Å². The summed E-state index contributed by atoms with van der Waals surface area (Å²) in [5, 5.41) is 3.50. The zero-order valence-corrected chi connectivity index (χ0v) is 12.8. The highest BCUT2D eigenvalue weighted by molar-refractivity contribution is 9.10. The summed E-state index contributed by atoms with van der Waals surface area (Å²) in [4.78, 5) is 0. The minimum Gasteiger partial charge on any atom is -0.466 e. The predicted octanol–water partition coefficient (Wildman–Crippen LogP) is 5.14. The van der Waals surface area contributed by atoms with E-state index >= 15 is 0 Å². The highest BCUT2D eigenvalue weighted by atomic mass is 79.9. The Morgan fingerprint density at radius 1 is 1.17 bits per heavy atom. The van der Waals surface area contributed by atoms with Crippen LogP contribution in [0.25, 0.3) is 0 Å². The lowest BCUT2D eigenvalue weighted by Gasteiger charge is -2.15. The summed E-state index contributed by atoms with van der Waals surface area (Å²) >= 11 is 3.51. The van der Waals surface area contributed by atoms with Crippen LogP contribution in [-0.2, 0) is 0 Å². The number of hydrogen-bond acceptors (Lipinski definition) is 2. The van der Waals surface area contributed by atoms with Gasteiger partial charge in [-0.05, 0) is 57.5 Å². The van der Waals surface area contributed by atoms with Gasteiger partial charge in [-0.25, -0.2) is 0 Å². The molecule has 0 fully saturated rings. The molecule has 3 heteroatoms. The fourth-order valence-corrected chi connectivity index (χ4v) is 2.39. The van der Waals surface area contributed by atoms with E-state index in [1.807, 2.05) is 13.8 Å². The second kappa shape index (κ2) is 5.19. The molecular formula is C15H18BrNO. The Bertz CT molecular complexity index is 560. The van der Waals surface area contributed by atoms with Gasteiger partial charge in [-0.15, -0.1) is 0 Å². The van der Waals surface area contributed by atoms with E-state index in [4.69, 9.17) is 4.42 Å². The largest absolute Gasteiger partial charge is 0.466 e. The highest BCUT2D eigenvalue weighted by Gasteiger charge is 2.12. The fraction of sp³-hybridized carbons (Fsp3) is 0.333.